The summed E-state index contributed by atoms with van der Waals surface area (Å²) in [5.74, 6) is -0.247. The maximum atomic E-state index is 12.3. The molecule has 0 radical (unpaired) electrons. The lowest BCUT2D eigenvalue weighted by Crippen LogP contribution is -2.54. The van der Waals surface area contributed by atoms with Gasteiger partial charge in [-0.2, -0.15) is 0 Å². The van der Waals surface area contributed by atoms with Crippen molar-refractivity contribution in [1.29, 1.82) is 0 Å². The Morgan fingerprint density at radius 2 is 2.31 bits per heavy atom. The van der Waals surface area contributed by atoms with Crippen LogP contribution in [0, 0.1) is 0 Å². The van der Waals surface area contributed by atoms with Crippen molar-refractivity contribution >= 4 is 34.0 Å². The smallest absolute Gasteiger partial charge is 0.287 e. The molecule has 26 heavy (non-hydrogen) atoms. The normalized spacial score (nSPS) is 21.7. The van der Waals surface area contributed by atoms with Crippen molar-refractivity contribution in [2.75, 3.05) is 18.0 Å². The number of aliphatic hydroxyl groups is 2. The van der Waals surface area contributed by atoms with Gasteiger partial charge in [0, 0.05) is 13.1 Å². The van der Waals surface area contributed by atoms with E-state index in [1.807, 2.05) is 11.8 Å². The summed E-state index contributed by atoms with van der Waals surface area (Å²) in [6.07, 6.45) is -0.235. The van der Waals surface area contributed by atoms with Crippen LogP contribution >= 0.6 is 22.9 Å². The number of amides is 1. The molecule has 1 fully saturated rings. The number of nitrogens with zero attached hydrogens (tertiary/aromatic N) is 4. The van der Waals surface area contributed by atoms with Crippen LogP contribution < -0.4 is 10.2 Å². The van der Waals surface area contributed by atoms with E-state index >= 15 is 0 Å². The summed E-state index contributed by atoms with van der Waals surface area (Å²) >= 11 is 7.26. The van der Waals surface area contributed by atoms with Gasteiger partial charge in [-0.3, -0.25) is 4.79 Å². The predicted octanol–water partition coefficient (Wildman–Crippen LogP) is 0.900. The Kier molecular flexibility index (Phi) is 5.76. The van der Waals surface area contributed by atoms with E-state index in [0.29, 0.717) is 46.9 Å². The molecule has 0 spiro atoms. The number of hydrogen-bond acceptors (Lipinski definition) is 8. The lowest BCUT2D eigenvalue weighted by Gasteiger charge is -2.35. The minimum atomic E-state index is -0.761. The van der Waals surface area contributed by atoms with Gasteiger partial charge >= 0.3 is 0 Å². The molecule has 1 aliphatic heterocycles. The number of aromatic amines is 1. The third-order valence-corrected chi connectivity index (χ3v) is 5.72. The van der Waals surface area contributed by atoms with Gasteiger partial charge in [-0.25, -0.2) is 4.98 Å². The van der Waals surface area contributed by atoms with Crippen LogP contribution in [0.2, 0.25) is 5.15 Å². The van der Waals surface area contributed by atoms with Crippen molar-refractivity contribution in [3.63, 3.8) is 0 Å². The van der Waals surface area contributed by atoms with Crippen LogP contribution in [0.25, 0.3) is 0 Å². The first-order valence-electron chi connectivity index (χ1n) is 8.38. The molecule has 1 saturated heterocycles. The van der Waals surface area contributed by atoms with Gasteiger partial charge in [0.2, 0.25) is 5.13 Å². The molecule has 4 N–H and O–H groups in total. The van der Waals surface area contributed by atoms with Crippen molar-refractivity contribution in [1.82, 2.24) is 25.5 Å². The fraction of sp³-hybridized carbons (Fsp3) is 0.600. The molecule has 3 rings (SSSR count). The monoisotopic (exact) mass is 400 g/mol. The molecule has 2 aromatic heterocycles. The van der Waals surface area contributed by atoms with Gasteiger partial charge in [-0.15, -0.1) is 10.2 Å². The van der Waals surface area contributed by atoms with Crippen LogP contribution in [0.4, 0.5) is 5.13 Å². The third-order valence-electron chi connectivity index (χ3n) is 4.25. The van der Waals surface area contributed by atoms with Crippen molar-refractivity contribution < 1.29 is 15.0 Å². The molecule has 0 bridgehead atoms. The summed E-state index contributed by atoms with van der Waals surface area (Å²) in [7, 11) is 0. The fourth-order valence-electron chi connectivity index (χ4n) is 2.76. The van der Waals surface area contributed by atoms with Gasteiger partial charge in [0.25, 0.3) is 5.91 Å². The number of piperidine rings is 1. The predicted molar refractivity (Wildman–Crippen MR) is 97.6 cm³/mol. The van der Waals surface area contributed by atoms with Gasteiger partial charge in [0.1, 0.15) is 11.1 Å². The van der Waals surface area contributed by atoms with Crippen LogP contribution in [-0.4, -0.2) is 61.5 Å². The molecule has 11 heteroatoms. The number of imidazole rings is 1. The molecule has 1 amide bonds. The molecule has 3 heterocycles. The molecule has 2 aromatic rings. The molecule has 1 aliphatic rings. The molecule has 3 atom stereocenters. The van der Waals surface area contributed by atoms with Crippen molar-refractivity contribution in [2.45, 2.75) is 44.9 Å². The number of aliphatic hydroxyl groups excluding tert-OH is 2. The Labute approximate surface area is 159 Å². The van der Waals surface area contributed by atoms with Crippen LogP contribution in [-0.2, 0) is 6.42 Å². The Morgan fingerprint density at radius 3 is 2.88 bits per heavy atom. The van der Waals surface area contributed by atoms with Crippen LogP contribution in [0.5, 0.6) is 0 Å². The number of nitrogens with one attached hydrogen (secondary N) is 2. The van der Waals surface area contributed by atoms with E-state index in [0.717, 1.165) is 0 Å². The zero-order valence-corrected chi connectivity index (χ0v) is 16.0. The number of rotatable bonds is 5. The second kappa shape index (κ2) is 7.87. The van der Waals surface area contributed by atoms with E-state index in [4.69, 9.17) is 11.6 Å². The average Bonchev–Trinajstić information content (AvgIpc) is 3.23. The highest BCUT2D eigenvalue weighted by Gasteiger charge is 2.31. The minimum Gasteiger partial charge on any atom is -0.389 e. The van der Waals surface area contributed by atoms with Gasteiger partial charge < -0.3 is 25.4 Å². The number of β-amino-alcohol motifs (C(OH)–C–C–N with tert-alkyl or cyclic N) is 1. The summed E-state index contributed by atoms with van der Waals surface area (Å²) in [5, 5.41) is 32.2. The SMILES string of the molecule is CCc1[nH]c(C(=O)NC2CCN(c3nnc([C@@H](C)O)s3)CC2O)nc1Cl. The first kappa shape index (κ1) is 19.0. The second-order valence-electron chi connectivity index (χ2n) is 6.19. The van der Waals surface area contributed by atoms with Crippen LogP contribution in [0.1, 0.15) is 47.7 Å². The molecular formula is C15H21ClN6O3S. The maximum absolute atomic E-state index is 12.3. The summed E-state index contributed by atoms with van der Waals surface area (Å²) in [6.45, 7) is 4.47. The number of halogens is 1. The first-order valence-corrected chi connectivity index (χ1v) is 9.58. The lowest BCUT2D eigenvalue weighted by atomic mass is 10.0. The topological polar surface area (TPSA) is 127 Å². The highest BCUT2D eigenvalue weighted by atomic mass is 35.5. The van der Waals surface area contributed by atoms with Crippen LogP contribution in [0.15, 0.2) is 0 Å². The molecular weight excluding hydrogens is 380 g/mol. The Bertz CT molecular complexity index is 779. The van der Waals surface area contributed by atoms with E-state index in [9.17, 15) is 15.0 Å². The molecule has 0 saturated carbocycles. The zero-order valence-electron chi connectivity index (χ0n) is 14.4. The largest absolute Gasteiger partial charge is 0.389 e. The van der Waals surface area contributed by atoms with E-state index < -0.39 is 24.2 Å². The van der Waals surface area contributed by atoms with Gasteiger partial charge in [-0.1, -0.05) is 29.9 Å². The average molecular weight is 401 g/mol. The number of H-pyrrole nitrogens is 1. The lowest BCUT2D eigenvalue weighted by molar-refractivity contribution is 0.0790. The summed E-state index contributed by atoms with van der Waals surface area (Å²) in [4.78, 5) is 21.1. The van der Waals surface area contributed by atoms with Gasteiger partial charge in [0.15, 0.2) is 11.0 Å². The Hall–Kier alpha value is -1.75. The second-order valence-corrected chi connectivity index (χ2v) is 7.53. The van der Waals surface area contributed by atoms with E-state index in [1.165, 1.54) is 11.3 Å². The van der Waals surface area contributed by atoms with Crippen molar-refractivity contribution in [2.24, 2.45) is 0 Å². The molecule has 0 aliphatic carbocycles. The van der Waals surface area contributed by atoms with Crippen molar-refractivity contribution in [3.05, 3.63) is 21.7 Å². The maximum Gasteiger partial charge on any atom is 0.287 e. The van der Waals surface area contributed by atoms with Crippen molar-refractivity contribution in [3.8, 4) is 0 Å². The summed E-state index contributed by atoms with van der Waals surface area (Å²) in [6, 6.07) is -0.392. The zero-order chi connectivity index (χ0) is 18.8. The number of aryl methyl sites for hydroxylation is 1. The molecule has 142 valence electrons. The number of anilines is 1. The standard InChI is InChI=1S/C15H21ClN6O3S/c1-3-8-11(16)19-12(17-8)13(25)18-9-4-5-22(6-10(9)24)15-21-20-14(26-15)7(2)23/h7,9-10,23-24H,3-6H2,1-2H3,(H,17,19)(H,18,25)/t7-,9?,10?/m1/s1. The number of aromatic nitrogens is 4. The number of carbonyl (C=O) groups excluding carboxylic acids is 1. The van der Waals surface area contributed by atoms with Gasteiger partial charge in [0.05, 0.1) is 17.8 Å². The van der Waals surface area contributed by atoms with E-state index in [2.05, 4.69) is 25.5 Å². The van der Waals surface area contributed by atoms with E-state index in [-0.39, 0.29) is 5.82 Å². The van der Waals surface area contributed by atoms with E-state index in [1.54, 1.807) is 6.92 Å². The summed E-state index contributed by atoms with van der Waals surface area (Å²) < 4.78 is 0. The highest BCUT2D eigenvalue weighted by Crippen LogP contribution is 2.27. The Morgan fingerprint density at radius 1 is 1.54 bits per heavy atom. The Balaban J connectivity index is 1.60. The number of carbonyl (C=O) groups is 1. The summed E-state index contributed by atoms with van der Waals surface area (Å²) in [5.41, 5.74) is 0.706. The molecule has 2 unspecified atom stereocenters. The first-order chi connectivity index (χ1) is 12.4. The highest BCUT2D eigenvalue weighted by molar-refractivity contribution is 7.15. The molecule has 0 aromatic carbocycles. The fourth-order valence-corrected chi connectivity index (χ4v) is 3.84. The minimum absolute atomic E-state index is 0.146. The third kappa shape index (κ3) is 3.98. The van der Waals surface area contributed by atoms with Gasteiger partial charge in [-0.05, 0) is 19.8 Å². The quantitative estimate of drug-likeness (QED) is 0.587. The number of hydrogen-bond donors (Lipinski definition) is 4. The molecule has 9 nitrogen and oxygen atoms in total. The van der Waals surface area contributed by atoms with Crippen LogP contribution in [0.3, 0.4) is 0 Å².